The predicted octanol–water partition coefficient (Wildman–Crippen LogP) is 4.16. The van der Waals surface area contributed by atoms with Crippen LogP contribution in [0.2, 0.25) is 0 Å². The van der Waals surface area contributed by atoms with E-state index in [2.05, 4.69) is 4.98 Å². The molecule has 0 fully saturated rings. The minimum atomic E-state index is -1.03. The third-order valence-electron chi connectivity index (χ3n) is 3.83. The Labute approximate surface area is 135 Å². The van der Waals surface area contributed by atoms with E-state index in [0.717, 1.165) is 27.9 Å². The lowest BCUT2D eigenvalue weighted by molar-refractivity contribution is 0.0691. The number of imidazole rings is 1. The Hall–Kier alpha value is -2.88. The number of aryl methyl sites for hydroxylation is 3. The number of carboxylic acid groups (broad SMARTS) is 1. The van der Waals surface area contributed by atoms with Gasteiger partial charge in [-0.2, -0.15) is 0 Å². The Morgan fingerprint density at radius 3 is 2.48 bits per heavy atom. The average Bonchev–Trinajstić information content (AvgIpc) is 2.95. The summed E-state index contributed by atoms with van der Waals surface area (Å²) in [5.74, 6) is -0.386. The fraction of sp³-hybridized carbons (Fsp3) is 0.158. The second-order valence-corrected chi connectivity index (χ2v) is 5.78. The lowest BCUT2D eigenvalue weighted by atomic mass is 10.1. The molecule has 0 saturated carbocycles. The Morgan fingerprint density at radius 2 is 1.78 bits per heavy atom. The van der Waals surface area contributed by atoms with Gasteiger partial charge in [0.1, 0.15) is 5.82 Å². The number of nitrogens with zero attached hydrogens (tertiary/aromatic N) is 2. The van der Waals surface area contributed by atoms with E-state index in [1.165, 1.54) is 0 Å². The number of aromatic nitrogens is 2. The molecule has 0 atom stereocenters. The second-order valence-electron chi connectivity index (χ2n) is 5.78. The zero-order valence-electron chi connectivity index (χ0n) is 13.4. The summed E-state index contributed by atoms with van der Waals surface area (Å²) in [6.45, 7) is 6.03. The van der Waals surface area contributed by atoms with Crippen LogP contribution in [-0.4, -0.2) is 20.6 Å². The average molecular weight is 306 g/mol. The zero-order valence-corrected chi connectivity index (χ0v) is 13.4. The standard InChI is InChI=1S/C19H18N2O2/c1-12-5-4-6-15(9-12)18-20-16(19(22)23)11-21(18)17-10-13(2)7-8-14(17)3/h4-11H,1-3H3,(H,22,23). The number of carboxylic acids is 1. The van der Waals surface area contributed by atoms with Gasteiger partial charge in [-0.05, 0) is 44.0 Å². The lowest BCUT2D eigenvalue weighted by Crippen LogP contribution is -1.99. The fourth-order valence-corrected chi connectivity index (χ4v) is 2.63. The normalized spacial score (nSPS) is 10.7. The van der Waals surface area contributed by atoms with Gasteiger partial charge in [0.15, 0.2) is 5.69 Å². The lowest BCUT2D eigenvalue weighted by Gasteiger charge is -2.12. The van der Waals surface area contributed by atoms with Crippen molar-refractivity contribution < 1.29 is 9.90 Å². The van der Waals surface area contributed by atoms with Gasteiger partial charge in [0, 0.05) is 11.8 Å². The molecule has 116 valence electrons. The molecule has 4 heteroatoms. The molecule has 0 saturated heterocycles. The molecule has 0 aliphatic heterocycles. The van der Waals surface area contributed by atoms with Crippen molar-refractivity contribution in [2.24, 2.45) is 0 Å². The van der Waals surface area contributed by atoms with E-state index in [0.29, 0.717) is 5.82 Å². The van der Waals surface area contributed by atoms with Gasteiger partial charge in [0.05, 0.1) is 5.69 Å². The summed E-state index contributed by atoms with van der Waals surface area (Å²) in [5, 5.41) is 9.32. The van der Waals surface area contributed by atoms with Crippen LogP contribution in [0.1, 0.15) is 27.2 Å². The van der Waals surface area contributed by atoms with Crippen molar-refractivity contribution in [3.63, 3.8) is 0 Å². The number of hydrogen-bond acceptors (Lipinski definition) is 2. The van der Waals surface area contributed by atoms with Crippen LogP contribution in [0.3, 0.4) is 0 Å². The van der Waals surface area contributed by atoms with Crippen LogP contribution in [0, 0.1) is 20.8 Å². The van der Waals surface area contributed by atoms with Gasteiger partial charge in [-0.25, -0.2) is 9.78 Å². The largest absolute Gasteiger partial charge is 0.476 e. The summed E-state index contributed by atoms with van der Waals surface area (Å²) in [6, 6.07) is 14.0. The van der Waals surface area contributed by atoms with Crippen LogP contribution >= 0.6 is 0 Å². The molecule has 2 aromatic carbocycles. The topological polar surface area (TPSA) is 55.1 Å². The molecule has 1 aromatic heterocycles. The van der Waals surface area contributed by atoms with E-state index < -0.39 is 5.97 Å². The predicted molar refractivity (Wildman–Crippen MR) is 90.2 cm³/mol. The van der Waals surface area contributed by atoms with Crippen molar-refractivity contribution in [2.45, 2.75) is 20.8 Å². The van der Waals surface area contributed by atoms with Gasteiger partial charge in [-0.3, -0.25) is 4.57 Å². The minimum Gasteiger partial charge on any atom is -0.476 e. The molecule has 0 unspecified atom stereocenters. The maximum atomic E-state index is 11.4. The first-order valence-corrected chi connectivity index (χ1v) is 7.43. The highest BCUT2D eigenvalue weighted by atomic mass is 16.4. The number of aromatic carboxylic acids is 1. The molecule has 0 aliphatic carbocycles. The van der Waals surface area contributed by atoms with Gasteiger partial charge < -0.3 is 5.11 Å². The third-order valence-corrected chi connectivity index (χ3v) is 3.83. The smallest absolute Gasteiger partial charge is 0.356 e. The Kier molecular flexibility index (Phi) is 3.74. The van der Waals surface area contributed by atoms with Crippen molar-refractivity contribution in [3.8, 4) is 17.1 Å². The van der Waals surface area contributed by atoms with Crippen LogP contribution in [-0.2, 0) is 0 Å². The van der Waals surface area contributed by atoms with E-state index >= 15 is 0 Å². The molecule has 4 nitrogen and oxygen atoms in total. The number of rotatable bonds is 3. The van der Waals surface area contributed by atoms with Gasteiger partial charge in [-0.1, -0.05) is 35.9 Å². The summed E-state index contributed by atoms with van der Waals surface area (Å²) in [4.78, 5) is 15.7. The van der Waals surface area contributed by atoms with Crippen molar-refractivity contribution in [3.05, 3.63) is 71.0 Å². The summed E-state index contributed by atoms with van der Waals surface area (Å²) in [7, 11) is 0. The van der Waals surface area contributed by atoms with Gasteiger partial charge in [-0.15, -0.1) is 0 Å². The highest BCUT2D eigenvalue weighted by molar-refractivity contribution is 5.86. The molecule has 0 radical (unpaired) electrons. The van der Waals surface area contributed by atoms with E-state index in [1.807, 2.05) is 67.8 Å². The van der Waals surface area contributed by atoms with E-state index in [9.17, 15) is 9.90 Å². The molecule has 23 heavy (non-hydrogen) atoms. The summed E-state index contributed by atoms with van der Waals surface area (Å²) in [6.07, 6.45) is 1.59. The van der Waals surface area contributed by atoms with Crippen molar-refractivity contribution in [1.29, 1.82) is 0 Å². The zero-order chi connectivity index (χ0) is 16.6. The molecular weight excluding hydrogens is 288 g/mol. The third kappa shape index (κ3) is 2.88. The maximum Gasteiger partial charge on any atom is 0.356 e. The summed E-state index contributed by atoms with van der Waals surface area (Å²) in [5.41, 5.74) is 5.18. The summed E-state index contributed by atoms with van der Waals surface area (Å²) < 4.78 is 1.86. The van der Waals surface area contributed by atoms with Gasteiger partial charge in [0.25, 0.3) is 0 Å². The Morgan fingerprint density at radius 1 is 1.04 bits per heavy atom. The SMILES string of the molecule is Cc1cccc(-c2nc(C(=O)O)cn2-c2cc(C)ccc2C)c1. The first kappa shape index (κ1) is 15.0. The monoisotopic (exact) mass is 306 g/mol. The molecule has 0 amide bonds. The molecule has 1 heterocycles. The molecule has 0 aliphatic rings. The molecule has 0 spiro atoms. The highest BCUT2D eigenvalue weighted by Gasteiger charge is 2.17. The highest BCUT2D eigenvalue weighted by Crippen LogP contribution is 2.26. The van der Waals surface area contributed by atoms with Crippen LogP contribution in [0.15, 0.2) is 48.7 Å². The van der Waals surface area contributed by atoms with Gasteiger partial charge >= 0.3 is 5.97 Å². The van der Waals surface area contributed by atoms with E-state index in [4.69, 9.17) is 0 Å². The molecular formula is C19H18N2O2. The van der Waals surface area contributed by atoms with Crippen LogP contribution in [0.25, 0.3) is 17.1 Å². The first-order chi connectivity index (χ1) is 11.0. The van der Waals surface area contributed by atoms with Crippen molar-refractivity contribution in [2.75, 3.05) is 0 Å². The number of benzene rings is 2. The quantitative estimate of drug-likeness (QED) is 0.790. The van der Waals surface area contributed by atoms with Crippen LogP contribution in [0.4, 0.5) is 0 Å². The second kappa shape index (κ2) is 5.72. The number of carbonyl (C=O) groups is 1. The molecule has 1 N–H and O–H groups in total. The molecule has 3 aromatic rings. The van der Waals surface area contributed by atoms with Gasteiger partial charge in [0.2, 0.25) is 0 Å². The Bertz CT molecular complexity index is 894. The number of hydrogen-bond donors (Lipinski definition) is 1. The Balaban J connectivity index is 2.27. The molecule has 0 bridgehead atoms. The van der Waals surface area contributed by atoms with Crippen molar-refractivity contribution >= 4 is 5.97 Å². The van der Waals surface area contributed by atoms with E-state index in [1.54, 1.807) is 6.20 Å². The van der Waals surface area contributed by atoms with Crippen LogP contribution in [0.5, 0.6) is 0 Å². The summed E-state index contributed by atoms with van der Waals surface area (Å²) >= 11 is 0. The molecule has 3 rings (SSSR count). The van der Waals surface area contributed by atoms with E-state index in [-0.39, 0.29) is 5.69 Å². The maximum absolute atomic E-state index is 11.4. The first-order valence-electron chi connectivity index (χ1n) is 7.43. The fourth-order valence-electron chi connectivity index (χ4n) is 2.63. The van der Waals surface area contributed by atoms with Crippen LogP contribution < -0.4 is 0 Å². The minimum absolute atomic E-state index is 0.0439. The van der Waals surface area contributed by atoms with Crippen molar-refractivity contribution in [1.82, 2.24) is 9.55 Å².